The SMILES string of the molecule is Cc1ccc2cc(N3CCOC3)ccc2c1. The third kappa shape index (κ3) is 1.65. The zero-order valence-corrected chi connectivity index (χ0v) is 9.44. The minimum Gasteiger partial charge on any atom is -0.359 e. The summed E-state index contributed by atoms with van der Waals surface area (Å²) in [5, 5.41) is 2.61. The predicted octanol–water partition coefficient (Wildman–Crippen LogP) is 2.94. The van der Waals surface area contributed by atoms with Crippen molar-refractivity contribution in [2.75, 3.05) is 24.8 Å². The highest BCUT2D eigenvalue weighted by atomic mass is 16.5. The Morgan fingerprint density at radius 3 is 2.69 bits per heavy atom. The highest BCUT2D eigenvalue weighted by Crippen LogP contribution is 2.24. The third-order valence-corrected chi connectivity index (χ3v) is 3.10. The number of ether oxygens (including phenoxy) is 1. The number of nitrogens with zero attached hydrogens (tertiary/aromatic N) is 1. The van der Waals surface area contributed by atoms with Gasteiger partial charge in [0, 0.05) is 12.2 Å². The van der Waals surface area contributed by atoms with Crippen LogP contribution in [0.1, 0.15) is 5.56 Å². The molecule has 0 aromatic heterocycles. The first kappa shape index (κ1) is 9.67. The van der Waals surface area contributed by atoms with Gasteiger partial charge in [-0.15, -0.1) is 0 Å². The molecule has 3 rings (SSSR count). The number of aryl methyl sites for hydroxylation is 1. The van der Waals surface area contributed by atoms with Gasteiger partial charge in [0.05, 0.1) is 6.61 Å². The van der Waals surface area contributed by atoms with Gasteiger partial charge in [-0.25, -0.2) is 0 Å². The summed E-state index contributed by atoms with van der Waals surface area (Å²) < 4.78 is 5.37. The summed E-state index contributed by atoms with van der Waals surface area (Å²) in [6, 6.07) is 13.2. The van der Waals surface area contributed by atoms with Crippen LogP contribution in [0.25, 0.3) is 10.8 Å². The van der Waals surface area contributed by atoms with Crippen LogP contribution in [-0.4, -0.2) is 19.9 Å². The van der Waals surface area contributed by atoms with E-state index in [0.29, 0.717) is 0 Å². The molecule has 0 spiro atoms. The molecule has 1 aliphatic heterocycles. The summed E-state index contributed by atoms with van der Waals surface area (Å²) in [5.74, 6) is 0. The lowest BCUT2D eigenvalue weighted by molar-refractivity contribution is 0.201. The van der Waals surface area contributed by atoms with Crippen LogP contribution in [0.4, 0.5) is 5.69 Å². The quantitative estimate of drug-likeness (QED) is 0.722. The molecule has 0 amide bonds. The van der Waals surface area contributed by atoms with E-state index >= 15 is 0 Å². The predicted molar refractivity (Wildman–Crippen MR) is 66.9 cm³/mol. The fourth-order valence-electron chi connectivity index (χ4n) is 2.17. The number of rotatable bonds is 1. The van der Waals surface area contributed by atoms with E-state index in [2.05, 4.69) is 48.2 Å². The Kier molecular flexibility index (Phi) is 2.29. The molecule has 0 N–H and O–H groups in total. The number of anilines is 1. The highest BCUT2D eigenvalue weighted by molar-refractivity contribution is 5.86. The van der Waals surface area contributed by atoms with Crippen LogP contribution in [0.15, 0.2) is 36.4 Å². The largest absolute Gasteiger partial charge is 0.359 e. The summed E-state index contributed by atoms with van der Waals surface area (Å²) in [5.41, 5.74) is 2.57. The van der Waals surface area contributed by atoms with Crippen molar-refractivity contribution in [2.45, 2.75) is 6.92 Å². The zero-order valence-electron chi connectivity index (χ0n) is 9.44. The second-order valence-electron chi connectivity index (χ2n) is 4.34. The second kappa shape index (κ2) is 3.80. The first-order valence-corrected chi connectivity index (χ1v) is 5.66. The molecule has 0 saturated carbocycles. The molecule has 1 heterocycles. The van der Waals surface area contributed by atoms with Gasteiger partial charge in [-0.1, -0.05) is 29.8 Å². The van der Waals surface area contributed by atoms with Crippen molar-refractivity contribution < 1.29 is 4.74 Å². The molecule has 1 fully saturated rings. The maximum absolute atomic E-state index is 5.37. The van der Waals surface area contributed by atoms with Gasteiger partial charge in [0.15, 0.2) is 0 Å². The van der Waals surface area contributed by atoms with Crippen LogP contribution in [0.2, 0.25) is 0 Å². The van der Waals surface area contributed by atoms with Crippen LogP contribution < -0.4 is 4.90 Å². The zero-order chi connectivity index (χ0) is 11.0. The van der Waals surface area contributed by atoms with E-state index in [1.807, 2.05) is 0 Å². The van der Waals surface area contributed by atoms with Gasteiger partial charge >= 0.3 is 0 Å². The molecule has 0 radical (unpaired) electrons. The molecule has 0 unspecified atom stereocenters. The van der Waals surface area contributed by atoms with Gasteiger partial charge < -0.3 is 9.64 Å². The van der Waals surface area contributed by atoms with Crippen molar-refractivity contribution in [3.63, 3.8) is 0 Å². The van der Waals surface area contributed by atoms with Crippen molar-refractivity contribution in [3.8, 4) is 0 Å². The van der Waals surface area contributed by atoms with Crippen LogP contribution >= 0.6 is 0 Å². The van der Waals surface area contributed by atoms with Crippen LogP contribution in [0, 0.1) is 6.92 Å². The molecular weight excluding hydrogens is 198 g/mol. The maximum atomic E-state index is 5.37. The number of hydrogen-bond donors (Lipinski definition) is 0. The average Bonchev–Trinajstić information content (AvgIpc) is 2.82. The van der Waals surface area contributed by atoms with E-state index in [-0.39, 0.29) is 0 Å². The van der Waals surface area contributed by atoms with Crippen molar-refractivity contribution >= 4 is 16.5 Å². The first-order chi connectivity index (χ1) is 7.83. The Labute approximate surface area is 95.4 Å². The molecule has 0 atom stereocenters. The van der Waals surface area contributed by atoms with Gasteiger partial charge in [0.25, 0.3) is 0 Å². The Morgan fingerprint density at radius 2 is 1.88 bits per heavy atom. The monoisotopic (exact) mass is 213 g/mol. The lowest BCUT2D eigenvalue weighted by Crippen LogP contribution is -2.18. The number of hydrogen-bond acceptors (Lipinski definition) is 2. The van der Waals surface area contributed by atoms with Gasteiger partial charge in [-0.05, 0) is 29.8 Å². The van der Waals surface area contributed by atoms with E-state index in [0.717, 1.165) is 19.9 Å². The van der Waals surface area contributed by atoms with E-state index in [4.69, 9.17) is 4.74 Å². The molecular formula is C14H15NO. The van der Waals surface area contributed by atoms with Crippen molar-refractivity contribution in [1.82, 2.24) is 0 Å². The first-order valence-electron chi connectivity index (χ1n) is 5.66. The number of benzene rings is 2. The molecule has 2 aromatic rings. The number of fused-ring (bicyclic) bond motifs is 1. The molecule has 1 saturated heterocycles. The molecule has 2 aromatic carbocycles. The Balaban J connectivity index is 2.05. The lowest BCUT2D eigenvalue weighted by Gasteiger charge is -2.16. The average molecular weight is 213 g/mol. The lowest BCUT2D eigenvalue weighted by atomic mass is 10.1. The summed E-state index contributed by atoms with van der Waals surface area (Å²) in [6.45, 7) is 4.68. The van der Waals surface area contributed by atoms with Crippen LogP contribution in [-0.2, 0) is 4.74 Å². The van der Waals surface area contributed by atoms with E-state index in [1.54, 1.807) is 0 Å². The van der Waals surface area contributed by atoms with Crippen LogP contribution in [0.5, 0.6) is 0 Å². The second-order valence-corrected chi connectivity index (χ2v) is 4.34. The topological polar surface area (TPSA) is 12.5 Å². The summed E-state index contributed by atoms with van der Waals surface area (Å²) in [4.78, 5) is 2.26. The smallest absolute Gasteiger partial charge is 0.119 e. The van der Waals surface area contributed by atoms with Gasteiger partial charge in [0.1, 0.15) is 6.73 Å². The normalized spacial score (nSPS) is 15.9. The summed E-state index contributed by atoms with van der Waals surface area (Å²) in [7, 11) is 0. The summed E-state index contributed by atoms with van der Waals surface area (Å²) in [6.07, 6.45) is 0. The van der Waals surface area contributed by atoms with Gasteiger partial charge in [0.2, 0.25) is 0 Å². The van der Waals surface area contributed by atoms with E-state index in [1.165, 1.54) is 22.0 Å². The molecule has 16 heavy (non-hydrogen) atoms. The minimum atomic E-state index is 0.720. The third-order valence-electron chi connectivity index (χ3n) is 3.10. The van der Waals surface area contributed by atoms with Gasteiger partial charge in [-0.2, -0.15) is 0 Å². The molecule has 2 heteroatoms. The molecule has 1 aliphatic rings. The van der Waals surface area contributed by atoms with Crippen LogP contribution in [0.3, 0.4) is 0 Å². The fraction of sp³-hybridized carbons (Fsp3) is 0.286. The van der Waals surface area contributed by atoms with E-state index < -0.39 is 0 Å². The Morgan fingerprint density at radius 1 is 1.06 bits per heavy atom. The van der Waals surface area contributed by atoms with Crippen molar-refractivity contribution in [2.24, 2.45) is 0 Å². The Bertz CT molecular complexity index is 515. The van der Waals surface area contributed by atoms with E-state index in [9.17, 15) is 0 Å². The molecule has 2 nitrogen and oxygen atoms in total. The van der Waals surface area contributed by atoms with Crippen molar-refractivity contribution in [3.05, 3.63) is 42.0 Å². The fourth-order valence-corrected chi connectivity index (χ4v) is 2.17. The molecule has 0 bridgehead atoms. The maximum Gasteiger partial charge on any atom is 0.119 e. The minimum absolute atomic E-state index is 0.720. The van der Waals surface area contributed by atoms with Crippen molar-refractivity contribution in [1.29, 1.82) is 0 Å². The highest BCUT2D eigenvalue weighted by Gasteiger charge is 2.12. The summed E-state index contributed by atoms with van der Waals surface area (Å²) >= 11 is 0. The molecule has 0 aliphatic carbocycles. The standard InChI is InChI=1S/C14H15NO/c1-11-2-3-13-9-14(5-4-12(13)8-11)15-6-7-16-10-15/h2-5,8-9H,6-7,10H2,1H3. The van der Waals surface area contributed by atoms with Gasteiger partial charge in [-0.3, -0.25) is 0 Å². The Hall–Kier alpha value is -1.54. The molecule has 82 valence electrons.